The van der Waals surface area contributed by atoms with E-state index in [1.807, 2.05) is 0 Å². The third-order valence-corrected chi connectivity index (χ3v) is 3.74. The van der Waals surface area contributed by atoms with Gasteiger partial charge < -0.3 is 4.90 Å². The molecule has 2 heterocycles. The molecular formula is C9H18N6S. The van der Waals surface area contributed by atoms with Crippen LogP contribution in [0.1, 0.15) is 11.9 Å². The van der Waals surface area contributed by atoms with Crippen LogP contribution in [0.25, 0.3) is 0 Å². The fourth-order valence-corrected chi connectivity index (χ4v) is 2.64. The predicted octanol–water partition coefficient (Wildman–Crippen LogP) is -0.0404. The van der Waals surface area contributed by atoms with Crippen molar-refractivity contribution in [2.75, 3.05) is 32.1 Å². The second-order valence-corrected chi connectivity index (χ2v) is 5.29. The van der Waals surface area contributed by atoms with Crippen molar-refractivity contribution in [3.63, 3.8) is 0 Å². The lowest BCUT2D eigenvalue weighted by atomic mass is 10.2. The molecule has 0 saturated carbocycles. The molecule has 0 spiro atoms. The van der Waals surface area contributed by atoms with E-state index in [9.17, 15) is 0 Å². The van der Waals surface area contributed by atoms with E-state index < -0.39 is 0 Å². The molecule has 0 aliphatic carbocycles. The van der Waals surface area contributed by atoms with Crippen molar-refractivity contribution in [3.8, 4) is 0 Å². The van der Waals surface area contributed by atoms with Gasteiger partial charge in [0.25, 0.3) is 0 Å². The fourth-order valence-electron chi connectivity index (χ4n) is 1.96. The monoisotopic (exact) mass is 242 g/mol. The molecule has 1 aliphatic rings. The summed E-state index contributed by atoms with van der Waals surface area (Å²) in [6, 6.07) is 0.567. The molecule has 0 aromatic carbocycles. The third-order valence-electron chi connectivity index (χ3n) is 2.90. The Morgan fingerprint density at radius 3 is 2.94 bits per heavy atom. The Morgan fingerprint density at radius 1 is 1.50 bits per heavy atom. The molecule has 1 aromatic heterocycles. The number of nitrogens with zero attached hydrogens (tertiary/aromatic N) is 4. The van der Waals surface area contributed by atoms with Crippen LogP contribution < -0.4 is 11.3 Å². The Balaban J connectivity index is 1.93. The first kappa shape index (κ1) is 11.7. The highest BCUT2D eigenvalue weighted by atomic mass is 32.1. The number of anilines is 1. The van der Waals surface area contributed by atoms with Crippen LogP contribution in [0.15, 0.2) is 0 Å². The smallest absolute Gasteiger partial charge is 0.219 e. The molecule has 0 amide bonds. The number of nitrogens with one attached hydrogen (secondary N) is 1. The zero-order chi connectivity index (χ0) is 11.5. The Morgan fingerprint density at radius 2 is 2.31 bits per heavy atom. The van der Waals surface area contributed by atoms with Gasteiger partial charge in [-0.15, -0.1) is 10.2 Å². The van der Waals surface area contributed by atoms with Gasteiger partial charge in [-0.1, -0.05) is 11.3 Å². The van der Waals surface area contributed by atoms with Gasteiger partial charge >= 0.3 is 0 Å². The van der Waals surface area contributed by atoms with Crippen molar-refractivity contribution < 1.29 is 0 Å². The molecule has 16 heavy (non-hydrogen) atoms. The van der Waals surface area contributed by atoms with Gasteiger partial charge in [-0.3, -0.25) is 10.3 Å². The van der Waals surface area contributed by atoms with Crippen molar-refractivity contribution in [1.29, 1.82) is 0 Å². The van der Waals surface area contributed by atoms with Crippen LogP contribution in [0.2, 0.25) is 0 Å². The van der Waals surface area contributed by atoms with Gasteiger partial charge in [0.05, 0.1) is 6.54 Å². The summed E-state index contributed by atoms with van der Waals surface area (Å²) in [6.45, 7) is 6.43. The Kier molecular flexibility index (Phi) is 3.70. The lowest BCUT2D eigenvalue weighted by molar-refractivity contribution is 0.0936. The van der Waals surface area contributed by atoms with Crippen LogP contribution in [0.4, 0.5) is 5.13 Å². The average Bonchev–Trinajstić information content (AvgIpc) is 2.70. The zero-order valence-corrected chi connectivity index (χ0v) is 10.5. The molecule has 6 nitrogen and oxygen atoms in total. The summed E-state index contributed by atoms with van der Waals surface area (Å²) in [7, 11) is 2.16. The van der Waals surface area contributed by atoms with Gasteiger partial charge in [0.2, 0.25) is 5.13 Å². The van der Waals surface area contributed by atoms with Gasteiger partial charge in [-0.05, 0) is 14.0 Å². The largest absolute Gasteiger partial charge is 0.304 e. The van der Waals surface area contributed by atoms with Crippen molar-refractivity contribution in [3.05, 3.63) is 5.01 Å². The van der Waals surface area contributed by atoms with Gasteiger partial charge in [0.1, 0.15) is 5.01 Å². The molecule has 0 bridgehead atoms. The first-order valence-corrected chi connectivity index (χ1v) is 6.22. The van der Waals surface area contributed by atoms with E-state index in [0.29, 0.717) is 11.2 Å². The standard InChI is InChI=1S/C9H18N6S/c1-7-5-14(2)3-4-15(7)6-8-12-13-9(11-10)16-8/h7H,3-6,10H2,1-2H3,(H,11,13). The van der Waals surface area contributed by atoms with E-state index in [1.54, 1.807) is 0 Å². The SMILES string of the molecule is CC1CN(C)CCN1Cc1nnc(NN)s1. The highest BCUT2D eigenvalue weighted by molar-refractivity contribution is 7.15. The fraction of sp³-hybridized carbons (Fsp3) is 0.778. The minimum absolute atomic E-state index is 0.567. The van der Waals surface area contributed by atoms with Crippen molar-refractivity contribution >= 4 is 16.5 Å². The van der Waals surface area contributed by atoms with E-state index in [0.717, 1.165) is 31.2 Å². The van der Waals surface area contributed by atoms with E-state index in [1.165, 1.54) is 11.3 Å². The molecule has 1 fully saturated rings. The predicted molar refractivity (Wildman–Crippen MR) is 65.1 cm³/mol. The maximum absolute atomic E-state index is 5.28. The molecule has 2 rings (SSSR count). The van der Waals surface area contributed by atoms with Crippen LogP contribution in [0, 0.1) is 0 Å². The summed E-state index contributed by atoms with van der Waals surface area (Å²) in [5, 5.41) is 9.74. The molecule has 90 valence electrons. The minimum Gasteiger partial charge on any atom is -0.304 e. The van der Waals surface area contributed by atoms with Gasteiger partial charge in [-0.25, -0.2) is 5.84 Å². The molecule has 1 saturated heterocycles. The molecule has 1 unspecified atom stereocenters. The number of likely N-dealkylation sites (N-methyl/N-ethyl adjacent to an activating group) is 1. The average molecular weight is 242 g/mol. The summed E-state index contributed by atoms with van der Waals surface area (Å²) in [5.74, 6) is 5.28. The van der Waals surface area contributed by atoms with E-state index in [-0.39, 0.29) is 0 Å². The Hall–Kier alpha value is -0.760. The topological polar surface area (TPSA) is 70.3 Å². The molecule has 0 radical (unpaired) electrons. The maximum Gasteiger partial charge on any atom is 0.219 e. The van der Waals surface area contributed by atoms with E-state index in [2.05, 4.69) is 39.4 Å². The summed E-state index contributed by atoms with van der Waals surface area (Å²) >= 11 is 1.52. The second-order valence-electron chi connectivity index (χ2n) is 4.23. The first-order valence-electron chi connectivity index (χ1n) is 5.40. The number of hydrogen-bond acceptors (Lipinski definition) is 7. The number of hydrazine groups is 1. The zero-order valence-electron chi connectivity index (χ0n) is 9.68. The van der Waals surface area contributed by atoms with Crippen LogP contribution in [-0.4, -0.2) is 52.7 Å². The highest BCUT2D eigenvalue weighted by Gasteiger charge is 2.22. The molecular weight excluding hydrogens is 224 g/mol. The summed E-state index contributed by atoms with van der Waals surface area (Å²) in [4.78, 5) is 4.79. The quantitative estimate of drug-likeness (QED) is 0.572. The number of nitrogen functional groups attached to an aromatic ring is 1. The normalized spacial score (nSPS) is 23.6. The highest BCUT2D eigenvalue weighted by Crippen LogP contribution is 2.18. The van der Waals surface area contributed by atoms with Gasteiger partial charge in [0.15, 0.2) is 0 Å². The summed E-state index contributed by atoms with van der Waals surface area (Å²) in [5.41, 5.74) is 2.52. The van der Waals surface area contributed by atoms with Gasteiger partial charge in [0, 0.05) is 25.7 Å². The minimum atomic E-state index is 0.567. The summed E-state index contributed by atoms with van der Waals surface area (Å²) < 4.78 is 0. The molecule has 7 heteroatoms. The number of rotatable bonds is 3. The van der Waals surface area contributed by atoms with Crippen LogP contribution in [0.3, 0.4) is 0 Å². The lowest BCUT2D eigenvalue weighted by Gasteiger charge is -2.37. The van der Waals surface area contributed by atoms with E-state index in [4.69, 9.17) is 5.84 Å². The summed E-state index contributed by atoms with van der Waals surface area (Å²) in [6.07, 6.45) is 0. The third kappa shape index (κ3) is 2.67. The first-order chi connectivity index (χ1) is 7.69. The second kappa shape index (κ2) is 5.05. The van der Waals surface area contributed by atoms with E-state index >= 15 is 0 Å². The van der Waals surface area contributed by atoms with Gasteiger partial charge in [-0.2, -0.15) is 0 Å². The number of hydrogen-bond donors (Lipinski definition) is 2. The van der Waals surface area contributed by atoms with Crippen LogP contribution in [-0.2, 0) is 6.54 Å². The van der Waals surface area contributed by atoms with Crippen LogP contribution >= 0.6 is 11.3 Å². The molecule has 1 aromatic rings. The number of nitrogens with two attached hydrogens (primary N) is 1. The molecule has 1 atom stereocenters. The van der Waals surface area contributed by atoms with Crippen molar-refractivity contribution in [1.82, 2.24) is 20.0 Å². The molecule has 1 aliphatic heterocycles. The number of aromatic nitrogens is 2. The maximum atomic E-state index is 5.28. The lowest BCUT2D eigenvalue weighted by Crippen LogP contribution is -2.49. The van der Waals surface area contributed by atoms with Crippen molar-refractivity contribution in [2.45, 2.75) is 19.5 Å². The van der Waals surface area contributed by atoms with Crippen LogP contribution in [0.5, 0.6) is 0 Å². The number of piperazine rings is 1. The van der Waals surface area contributed by atoms with Crippen molar-refractivity contribution in [2.24, 2.45) is 5.84 Å². The molecule has 3 N–H and O–H groups in total. The Bertz CT molecular complexity index is 340. The Labute approximate surface area is 99.4 Å².